The number of hydrogen-bond donors (Lipinski definition) is 2. The van der Waals surface area contributed by atoms with E-state index in [2.05, 4.69) is 5.32 Å². The van der Waals surface area contributed by atoms with Gasteiger partial charge in [-0.3, -0.25) is 19.6 Å². The zero-order chi connectivity index (χ0) is 24.4. The molecule has 4 atom stereocenters. The van der Waals surface area contributed by atoms with Crippen molar-refractivity contribution in [3.63, 3.8) is 0 Å². The molecule has 7 heteroatoms. The Labute approximate surface area is 197 Å². The minimum absolute atomic E-state index is 0.0339. The first kappa shape index (κ1) is 27.0. The summed E-state index contributed by atoms with van der Waals surface area (Å²) in [5.41, 5.74) is 0.756. The molecule has 0 spiro atoms. The van der Waals surface area contributed by atoms with Gasteiger partial charge in [0.05, 0.1) is 12.1 Å². The zero-order valence-electron chi connectivity index (χ0n) is 20.5. The molecule has 1 unspecified atom stereocenters. The number of ether oxygens (including phenoxy) is 1. The molecule has 1 saturated heterocycles. The van der Waals surface area contributed by atoms with E-state index in [1.54, 1.807) is 6.92 Å². The number of ketones is 1. The molecule has 7 nitrogen and oxygen atoms in total. The molecule has 1 aromatic carbocycles. The van der Waals surface area contributed by atoms with Crippen molar-refractivity contribution in [1.29, 1.82) is 0 Å². The zero-order valence-corrected chi connectivity index (χ0v) is 20.5. The fourth-order valence-electron chi connectivity index (χ4n) is 4.41. The van der Waals surface area contributed by atoms with Crippen LogP contribution in [0.25, 0.3) is 0 Å². The maximum Gasteiger partial charge on any atom is 0.233 e. The summed E-state index contributed by atoms with van der Waals surface area (Å²) in [6, 6.07) is 9.33. The number of nitrogens with one attached hydrogen (secondary N) is 1. The third-order valence-electron chi connectivity index (χ3n) is 6.64. The molecule has 0 saturated carbocycles. The van der Waals surface area contributed by atoms with Crippen LogP contribution in [0.2, 0.25) is 0 Å². The highest BCUT2D eigenvalue weighted by atomic mass is 16.5. The largest absolute Gasteiger partial charge is 0.376 e. The van der Waals surface area contributed by atoms with Gasteiger partial charge in [0.15, 0.2) is 0 Å². The highest BCUT2D eigenvalue weighted by molar-refractivity contribution is 5.89. The van der Waals surface area contributed by atoms with Gasteiger partial charge in [0.25, 0.3) is 0 Å². The normalized spacial score (nSPS) is 18.9. The summed E-state index contributed by atoms with van der Waals surface area (Å²) < 4.78 is 5.59. The predicted molar refractivity (Wildman–Crippen MR) is 127 cm³/mol. The van der Waals surface area contributed by atoms with Crippen LogP contribution < -0.4 is 5.32 Å². The lowest BCUT2D eigenvalue weighted by Gasteiger charge is -2.32. The lowest BCUT2D eigenvalue weighted by Crippen LogP contribution is -2.44. The first-order valence-corrected chi connectivity index (χ1v) is 12.0. The van der Waals surface area contributed by atoms with E-state index in [9.17, 15) is 19.6 Å². The van der Waals surface area contributed by atoms with Gasteiger partial charge in [0.1, 0.15) is 5.78 Å². The molecule has 2 rings (SSSR count). The second kappa shape index (κ2) is 12.8. The Morgan fingerprint density at radius 3 is 2.55 bits per heavy atom. The molecule has 1 aliphatic rings. The van der Waals surface area contributed by atoms with Crippen molar-refractivity contribution in [2.75, 3.05) is 13.2 Å². The Morgan fingerprint density at radius 2 is 1.97 bits per heavy atom. The van der Waals surface area contributed by atoms with Crippen LogP contribution in [0, 0.1) is 17.3 Å². The second-order valence-electron chi connectivity index (χ2n) is 10.2. The molecule has 1 aliphatic heterocycles. The molecule has 1 fully saturated rings. The summed E-state index contributed by atoms with van der Waals surface area (Å²) >= 11 is 0. The molecule has 1 aromatic rings. The van der Waals surface area contributed by atoms with Crippen molar-refractivity contribution in [1.82, 2.24) is 10.4 Å². The van der Waals surface area contributed by atoms with Gasteiger partial charge in [-0.25, -0.2) is 5.06 Å². The maximum absolute atomic E-state index is 13.4. The summed E-state index contributed by atoms with van der Waals surface area (Å²) in [7, 11) is 0. The number of benzene rings is 1. The van der Waals surface area contributed by atoms with Crippen molar-refractivity contribution >= 4 is 18.1 Å². The lowest BCUT2D eigenvalue weighted by atomic mass is 9.74. The average molecular weight is 461 g/mol. The van der Waals surface area contributed by atoms with Gasteiger partial charge < -0.3 is 10.1 Å². The number of rotatable bonds is 13. The van der Waals surface area contributed by atoms with Crippen LogP contribution in [-0.2, 0) is 25.5 Å². The number of Topliss-reactive ketones (excluding diaryl/α,β-unsaturated/α-hetero) is 1. The third-order valence-corrected chi connectivity index (χ3v) is 6.64. The van der Waals surface area contributed by atoms with E-state index >= 15 is 0 Å². The fraction of sp³-hybridized carbons (Fsp3) is 0.654. The van der Waals surface area contributed by atoms with E-state index in [4.69, 9.17) is 4.74 Å². The summed E-state index contributed by atoms with van der Waals surface area (Å²) in [6.07, 6.45) is 4.42. The van der Waals surface area contributed by atoms with Crippen molar-refractivity contribution in [2.24, 2.45) is 17.3 Å². The number of carbonyl (C=O) groups is 3. The standard InChI is InChI=1S/C26H40N2O5/c1-19(28(32)18-29)22(14-8-12-20-10-6-5-7-11-20)24(30)16-23(26(2,3)4)25(31)27-17-21-13-9-15-33-21/h5-7,10-11,18-19,21-23,32H,8-9,12-17H2,1-4H3,(H,27,31)/t19-,21?,22+,23+/m0/s1. The molecule has 184 valence electrons. The van der Waals surface area contributed by atoms with Gasteiger partial charge in [-0.1, -0.05) is 51.1 Å². The molecule has 2 N–H and O–H groups in total. The number of amides is 2. The van der Waals surface area contributed by atoms with Crippen LogP contribution in [0.3, 0.4) is 0 Å². The van der Waals surface area contributed by atoms with Gasteiger partial charge >= 0.3 is 0 Å². The Kier molecular flexibility index (Phi) is 10.5. The molecule has 1 heterocycles. The first-order valence-electron chi connectivity index (χ1n) is 12.0. The molecule has 0 radical (unpaired) electrons. The summed E-state index contributed by atoms with van der Waals surface area (Å²) in [4.78, 5) is 37.6. The van der Waals surface area contributed by atoms with E-state index in [0.717, 1.165) is 32.3 Å². The van der Waals surface area contributed by atoms with Gasteiger partial charge in [0.2, 0.25) is 12.3 Å². The van der Waals surface area contributed by atoms with E-state index < -0.39 is 23.3 Å². The SMILES string of the molecule is C[C@@H]([C@@H](CCCc1ccccc1)C(=O)C[C@H](C(=O)NCC1CCCO1)C(C)(C)C)N(O)C=O. The van der Waals surface area contributed by atoms with Crippen molar-refractivity contribution in [3.8, 4) is 0 Å². The first-order chi connectivity index (χ1) is 15.6. The molecule has 0 aromatic heterocycles. The van der Waals surface area contributed by atoms with E-state index in [-0.39, 0.29) is 24.2 Å². The number of hydroxylamine groups is 2. The van der Waals surface area contributed by atoms with Gasteiger partial charge in [-0.2, -0.15) is 0 Å². The van der Waals surface area contributed by atoms with Gasteiger partial charge in [0, 0.05) is 31.4 Å². The van der Waals surface area contributed by atoms with Crippen LogP contribution in [-0.4, -0.2) is 53.7 Å². The number of aryl methyl sites for hydroxylation is 1. The smallest absolute Gasteiger partial charge is 0.233 e. The van der Waals surface area contributed by atoms with Gasteiger partial charge in [-0.05, 0) is 50.0 Å². The van der Waals surface area contributed by atoms with Crippen LogP contribution in [0.15, 0.2) is 30.3 Å². The predicted octanol–water partition coefficient (Wildman–Crippen LogP) is 3.78. The number of carbonyl (C=O) groups excluding carboxylic acids is 3. The van der Waals surface area contributed by atoms with E-state index in [0.29, 0.717) is 24.4 Å². The summed E-state index contributed by atoms with van der Waals surface area (Å²) in [5.74, 6) is -1.33. The fourth-order valence-corrected chi connectivity index (χ4v) is 4.41. The highest BCUT2D eigenvalue weighted by Crippen LogP contribution is 2.32. The summed E-state index contributed by atoms with van der Waals surface area (Å²) in [6.45, 7) is 8.70. The number of nitrogens with zero attached hydrogens (tertiary/aromatic N) is 1. The molecule has 2 amide bonds. The van der Waals surface area contributed by atoms with Crippen molar-refractivity contribution < 1.29 is 24.3 Å². The van der Waals surface area contributed by atoms with Gasteiger partial charge in [-0.15, -0.1) is 0 Å². The van der Waals surface area contributed by atoms with Crippen LogP contribution in [0.5, 0.6) is 0 Å². The molecule has 33 heavy (non-hydrogen) atoms. The quantitative estimate of drug-likeness (QED) is 0.265. The molecular weight excluding hydrogens is 420 g/mol. The Morgan fingerprint density at radius 1 is 1.27 bits per heavy atom. The Balaban J connectivity index is 2.06. The Hall–Kier alpha value is -2.25. The molecule has 0 bridgehead atoms. The topological polar surface area (TPSA) is 95.9 Å². The number of hydrogen-bond acceptors (Lipinski definition) is 5. The van der Waals surface area contributed by atoms with Crippen LogP contribution in [0.1, 0.15) is 65.4 Å². The van der Waals surface area contributed by atoms with Crippen molar-refractivity contribution in [3.05, 3.63) is 35.9 Å². The highest BCUT2D eigenvalue weighted by Gasteiger charge is 2.37. The summed E-state index contributed by atoms with van der Waals surface area (Å²) in [5, 5.41) is 13.5. The minimum atomic E-state index is -0.665. The van der Waals surface area contributed by atoms with Crippen molar-refractivity contribution in [2.45, 2.75) is 78.4 Å². The molecule has 0 aliphatic carbocycles. The second-order valence-corrected chi connectivity index (χ2v) is 10.2. The van der Waals surface area contributed by atoms with Crippen LogP contribution in [0.4, 0.5) is 0 Å². The van der Waals surface area contributed by atoms with E-state index in [1.807, 2.05) is 51.1 Å². The maximum atomic E-state index is 13.4. The third kappa shape index (κ3) is 8.55. The monoisotopic (exact) mass is 460 g/mol. The Bertz CT molecular complexity index is 756. The average Bonchev–Trinajstić information content (AvgIpc) is 3.31. The molecular formula is C26H40N2O5. The van der Waals surface area contributed by atoms with Crippen LogP contribution >= 0.6 is 0 Å². The van der Waals surface area contributed by atoms with E-state index in [1.165, 1.54) is 5.56 Å². The minimum Gasteiger partial charge on any atom is -0.376 e. The lowest BCUT2D eigenvalue weighted by molar-refractivity contribution is -0.166.